The highest BCUT2D eigenvalue weighted by molar-refractivity contribution is 5.86. The van der Waals surface area contributed by atoms with Gasteiger partial charge in [0.05, 0.1) is 5.54 Å². The molecule has 1 amide bonds. The van der Waals surface area contributed by atoms with Gasteiger partial charge in [-0.15, -0.1) is 24.8 Å². The lowest BCUT2D eigenvalue weighted by Gasteiger charge is -2.32. The van der Waals surface area contributed by atoms with Crippen molar-refractivity contribution in [2.45, 2.75) is 57.4 Å². The van der Waals surface area contributed by atoms with Crippen molar-refractivity contribution in [2.75, 3.05) is 26.2 Å². The highest BCUT2D eigenvalue weighted by Gasteiger charge is 2.35. The van der Waals surface area contributed by atoms with E-state index in [4.69, 9.17) is 5.73 Å². The quantitative estimate of drug-likeness (QED) is 0.808. The number of halogens is 2. The molecule has 0 bridgehead atoms. The van der Waals surface area contributed by atoms with Crippen LogP contribution in [0, 0.1) is 5.92 Å². The maximum Gasteiger partial charge on any atom is 0.240 e. The number of nitrogens with two attached hydrogens (primary N) is 1. The predicted molar refractivity (Wildman–Crippen MR) is 92.3 cm³/mol. The van der Waals surface area contributed by atoms with Gasteiger partial charge < -0.3 is 16.0 Å². The lowest BCUT2D eigenvalue weighted by atomic mass is 9.82. The molecule has 21 heavy (non-hydrogen) atoms. The van der Waals surface area contributed by atoms with E-state index in [2.05, 4.69) is 17.1 Å². The average molecular weight is 340 g/mol. The van der Waals surface area contributed by atoms with Gasteiger partial charge in [0.15, 0.2) is 0 Å². The van der Waals surface area contributed by atoms with Crippen molar-refractivity contribution in [3.05, 3.63) is 0 Å². The van der Waals surface area contributed by atoms with E-state index in [1.54, 1.807) is 0 Å². The molecule has 1 heterocycles. The molecule has 0 aromatic heterocycles. The molecule has 1 aliphatic carbocycles. The summed E-state index contributed by atoms with van der Waals surface area (Å²) in [5.41, 5.74) is 5.64. The molecule has 6 heteroatoms. The third-order valence-corrected chi connectivity index (χ3v) is 4.58. The number of nitrogens with zero attached hydrogens (tertiary/aromatic N) is 1. The number of rotatable bonds is 5. The number of amides is 1. The van der Waals surface area contributed by atoms with Crippen molar-refractivity contribution >= 4 is 30.7 Å². The summed E-state index contributed by atoms with van der Waals surface area (Å²) >= 11 is 0. The van der Waals surface area contributed by atoms with Gasteiger partial charge in [-0.1, -0.05) is 26.2 Å². The molecule has 0 radical (unpaired) electrons. The minimum Gasteiger partial charge on any atom is -0.354 e. The Morgan fingerprint density at radius 2 is 1.71 bits per heavy atom. The molecule has 1 aliphatic heterocycles. The van der Waals surface area contributed by atoms with E-state index < -0.39 is 5.54 Å². The predicted octanol–water partition coefficient (Wildman–Crippen LogP) is 2.34. The zero-order valence-electron chi connectivity index (χ0n) is 13.1. The molecule has 1 unspecified atom stereocenters. The molecule has 2 fully saturated rings. The summed E-state index contributed by atoms with van der Waals surface area (Å²) in [6.07, 6.45) is 7.74. The molecular weight excluding hydrogens is 309 g/mol. The van der Waals surface area contributed by atoms with Crippen LogP contribution in [0.25, 0.3) is 0 Å². The maximum atomic E-state index is 12.2. The maximum absolute atomic E-state index is 12.2. The summed E-state index contributed by atoms with van der Waals surface area (Å²) in [6.45, 7) is 6.51. The van der Waals surface area contributed by atoms with Crippen LogP contribution < -0.4 is 11.1 Å². The SMILES string of the molecule is CC(CNC(=O)C1(N)CCCCC1)CN1CCCC1.Cl.Cl. The van der Waals surface area contributed by atoms with Crippen LogP contribution in [0.5, 0.6) is 0 Å². The largest absolute Gasteiger partial charge is 0.354 e. The Bertz CT molecular complexity index is 303. The van der Waals surface area contributed by atoms with Crippen molar-refractivity contribution in [2.24, 2.45) is 11.7 Å². The normalized spacial score (nSPS) is 22.8. The topological polar surface area (TPSA) is 58.4 Å². The first-order valence-electron chi connectivity index (χ1n) is 7.90. The Morgan fingerprint density at radius 3 is 2.29 bits per heavy atom. The molecule has 0 aromatic rings. The molecular formula is C15H31Cl2N3O. The highest BCUT2D eigenvalue weighted by Crippen LogP contribution is 2.25. The Morgan fingerprint density at radius 1 is 1.14 bits per heavy atom. The van der Waals surface area contributed by atoms with Gasteiger partial charge >= 0.3 is 0 Å². The Hall–Kier alpha value is -0.0300. The van der Waals surface area contributed by atoms with Gasteiger partial charge in [0, 0.05) is 13.1 Å². The van der Waals surface area contributed by atoms with Gasteiger partial charge in [-0.05, 0) is 44.7 Å². The first-order chi connectivity index (χ1) is 9.10. The van der Waals surface area contributed by atoms with Crippen molar-refractivity contribution in [1.29, 1.82) is 0 Å². The van der Waals surface area contributed by atoms with Crippen LogP contribution in [-0.2, 0) is 4.79 Å². The zero-order chi connectivity index (χ0) is 13.7. The van der Waals surface area contributed by atoms with Gasteiger partial charge in [0.2, 0.25) is 5.91 Å². The van der Waals surface area contributed by atoms with E-state index in [9.17, 15) is 4.79 Å². The van der Waals surface area contributed by atoms with Crippen LogP contribution in [0.3, 0.4) is 0 Å². The zero-order valence-corrected chi connectivity index (χ0v) is 14.7. The number of nitrogens with one attached hydrogen (secondary N) is 1. The van der Waals surface area contributed by atoms with Crippen LogP contribution in [0.1, 0.15) is 51.9 Å². The lowest BCUT2D eigenvalue weighted by molar-refractivity contribution is -0.127. The van der Waals surface area contributed by atoms with Gasteiger partial charge in [0.25, 0.3) is 0 Å². The molecule has 1 saturated heterocycles. The average Bonchev–Trinajstić information content (AvgIpc) is 2.89. The molecule has 126 valence electrons. The molecule has 1 atom stereocenters. The minimum absolute atomic E-state index is 0. The summed E-state index contributed by atoms with van der Waals surface area (Å²) in [6, 6.07) is 0. The Labute approximate surface area is 141 Å². The van der Waals surface area contributed by atoms with E-state index in [-0.39, 0.29) is 30.7 Å². The van der Waals surface area contributed by atoms with Crippen LogP contribution in [0.15, 0.2) is 0 Å². The summed E-state index contributed by atoms with van der Waals surface area (Å²) in [5, 5.41) is 3.08. The van der Waals surface area contributed by atoms with Crippen LogP contribution in [0.2, 0.25) is 0 Å². The first-order valence-corrected chi connectivity index (χ1v) is 7.90. The standard InChI is InChI=1S/C15H29N3O.2ClH/c1-13(12-18-9-5-6-10-18)11-17-14(19)15(16)7-3-2-4-8-15;;/h13H,2-12,16H2,1H3,(H,17,19);2*1H. The second-order valence-corrected chi connectivity index (χ2v) is 6.54. The number of carbonyl (C=O) groups excluding carboxylic acids is 1. The molecule has 2 aliphatic rings. The number of carbonyl (C=O) groups is 1. The van der Waals surface area contributed by atoms with Crippen molar-refractivity contribution in [3.63, 3.8) is 0 Å². The van der Waals surface area contributed by atoms with Gasteiger partial charge in [0.1, 0.15) is 0 Å². The summed E-state index contributed by atoms with van der Waals surface area (Å²) in [4.78, 5) is 14.7. The number of likely N-dealkylation sites (tertiary alicyclic amines) is 1. The molecule has 1 saturated carbocycles. The molecule has 2 rings (SSSR count). The minimum atomic E-state index is -0.592. The van der Waals surface area contributed by atoms with Gasteiger partial charge in [-0.2, -0.15) is 0 Å². The number of hydrogen-bond acceptors (Lipinski definition) is 3. The van der Waals surface area contributed by atoms with Crippen molar-refractivity contribution in [3.8, 4) is 0 Å². The van der Waals surface area contributed by atoms with E-state index in [1.807, 2.05) is 0 Å². The highest BCUT2D eigenvalue weighted by atomic mass is 35.5. The molecule has 0 aromatic carbocycles. The third-order valence-electron chi connectivity index (χ3n) is 4.58. The summed E-state index contributed by atoms with van der Waals surface area (Å²) < 4.78 is 0. The Kier molecular flexibility index (Phi) is 9.87. The molecule has 4 nitrogen and oxygen atoms in total. The summed E-state index contributed by atoms with van der Waals surface area (Å²) in [5.74, 6) is 0.578. The van der Waals surface area contributed by atoms with Gasteiger partial charge in [-0.3, -0.25) is 4.79 Å². The fraction of sp³-hybridized carbons (Fsp3) is 0.933. The van der Waals surface area contributed by atoms with E-state index in [0.29, 0.717) is 5.92 Å². The Balaban J connectivity index is 0.00000200. The lowest BCUT2D eigenvalue weighted by Crippen LogP contribution is -2.55. The monoisotopic (exact) mass is 339 g/mol. The fourth-order valence-corrected chi connectivity index (χ4v) is 3.32. The summed E-state index contributed by atoms with van der Waals surface area (Å²) in [7, 11) is 0. The van der Waals surface area contributed by atoms with Gasteiger partial charge in [-0.25, -0.2) is 0 Å². The smallest absolute Gasteiger partial charge is 0.240 e. The van der Waals surface area contributed by atoms with Crippen molar-refractivity contribution in [1.82, 2.24) is 10.2 Å². The third kappa shape index (κ3) is 6.31. The second-order valence-electron chi connectivity index (χ2n) is 6.54. The number of hydrogen-bond donors (Lipinski definition) is 2. The van der Waals surface area contributed by atoms with E-state index >= 15 is 0 Å². The first kappa shape index (κ1) is 21.0. The second kappa shape index (κ2) is 9.88. The molecule has 3 N–H and O–H groups in total. The van der Waals surface area contributed by atoms with E-state index in [1.165, 1.54) is 32.4 Å². The molecule has 0 spiro atoms. The van der Waals surface area contributed by atoms with Crippen LogP contribution >= 0.6 is 24.8 Å². The van der Waals surface area contributed by atoms with Crippen LogP contribution in [-0.4, -0.2) is 42.5 Å². The van der Waals surface area contributed by atoms with E-state index in [0.717, 1.165) is 38.8 Å². The van der Waals surface area contributed by atoms with Crippen molar-refractivity contribution < 1.29 is 4.79 Å². The van der Waals surface area contributed by atoms with Crippen LogP contribution in [0.4, 0.5) is 0 Å². The fourth-order valence-electron chi connectivity index (χ4n) is 3.32.